The molecule has 0 radical (unpaired) electrons. The van der Waals surface area contributed by atoms with Crippen LogP contribution in [0.3, 0.4) is 0 Å². The van der Waals surface area contributed by atoms with Crippen molar-refractivity contribution >= 4 is 16.9 Å². The maximum Gasteiger partial charge on any atom is 0.338 e. The summed E-state index contributed by atoms with van der Waals surface area (Å²) in [5.41, 5.74) is 4.91. The summed E-state index contributed by atoms with van der Waals surface area (Å²) in [6.07, 6.45) is 1.70. The topological polar surface area (TPSA) is 48.7 Å². The molecule has 0 N–H and O–H groups in total. The van der Waals surface area contributed by atoms with Crippen LogP contribution >= 0.6 is 0 Å². The van der Waals surface area contributed by atoms with Crippen LogP contribution in [0.5, 0.6) is 5.75 Å². The predicted molar refractivity (Wildman–Crippen MR) is 110 cm³/mol. The third-order valence-corrected chi connectivity index (χ3v) is 4.70. The van der Waals surface area contributed by atoms with Crippen LogP contribution < -0.4 is 4.74 Å². The van der Waals surface area contributed by atoms with Crippen molar-refractivity contribution in [3.05, 3.63) is 78.6 Å². The second-order valence-corrected chi connectivity index (χ2v) is 6.33. The Morgan fingerprint density at radius 1 is 0.893 bits per heavy atom. The molecular formula is C24H20O4. The van der Waals surface area contributed by atoms with Crippen molar-refractivity contribution in [1.82, 2.24) is 0 Å². The van der Waals surface area contributed by atoms with E-state index in [1.54, 1.807) is 20.3 Å². The zero-order chi connectivity index (χ0) is 19.5. The summed E-state index contributed by atoms with van der Waals surface area (Å²) in [7, 11) is 1.63. The average molecular weight is 372 g/mol. The van der Waals surface area contributed by atoms with Gasteiger partial charge in [0, 0.05) is 16.5 Å². The lowest BCUT2D eigenvalue weighted by Crippen LogP contribution is -2.05. The number of carbonyl (C=O) groups is 1. The van der Waals surface area contributed by atoms with E-state index < -0.39 is 0 Å². The van der Waals surface area contributed by atoms with Crippen LogP contribution in [0.25, 0.3) is 33.2 Å². The molecule has 0 saturated heterocycles. The third kappa shape index (κ3) is 3.14. The highest BCUT2D eigenvalue weighted by Gasteiger charge is 2.21. The Balaban J connectivity index is 1.96. The van der Waals surface area contributed by atoms with Gasteiger partial charge < -0.3 is 13.9 Å². The molecule has 0 aliphatic carbocycles. The minimum Gasteiger partial charge on any atom is -0.497 e. The lowest BCUT2D eigenvalue weighted by atomic mass is 9.96. The van der Waals surface area contributed by atoms with E-state index in [4.69, 9.17) is 13.9 Å². The van der Waals surface area contributed by atoms with E-state index in [-0.39, 0.29) is 5.97 Å². The molecule has 0 saturated carbocycles. The zero-order valence-corrected chi connectivity index (χ0v) is 15.8. The van der Waals surface area contributed by atoms with Crippen LogP contribution in [-0.2, 0) is 4.74 Å². The molecule has 1 heterocycles. The predicted octanol–water partition coefficient (Wildman–Crippen LogP) is 5.95. The molecule has 3 aromatic carbocycles. The number of methoxy groups -OCH3 is 1. The van der Waals surface area contributed by atoms with E-state index >= 15 is 0 Å². The minimum atomic E-state index is -0.358. The standard InChI is InChI=1S/C24H20O4/c1-3-27-24(25)20-14-13-19(16-7-5-4-6-8-16)23-22(20)21(15-28-23)17-9-11-18(26-2)12-10-17/h4-15H,3H2,1-2H3. The zero-order valence-electron chi connectivity index (χ0n) is 15.8. The normalized spacial score (nSPS) is 10.8. The fourth-order valence-electron chi connectivity index (χ4n) is 3.36. The van der Waals surface area contributed by atoms with Crippen molar-refractivity contribution < 1.29 is 18.7 Å². The average Bonchev–Trinajstić information content (AvgIpc) is 3.19. The Morgan fingerprint density at radius 2 is 1.61 bits per heavy atom. The van der Waals surface area contributed by atoms with Crippen molar-refractivity contribution in [3.63, 3.8) is 0 Å². The van der Waals surface area contributed by atoms with Gasteiger partial charge in [0.05, 0.1) is 25.5 Å². The molecule has 0 amide bonds. The van der Waals surface area contributed by atoms with Crippen LogP contribution in [0.15, 0.2) is 77.4 Å². The third-order valence-electron chi connectivity index (χ3n) is 4.70. The van der Waals surface area contributed by atoms with Crippen LogP contribution in [-0.4, -0.2) is 19.7 Å². The van der Waals surface area contributed by atoms with E-state index in [2.05, 4.69) is 0 Å². The van der Waals surface area contributed by atoms with Gasteiger partial charge in [-0.05, 0) is 42.3 Å². The van der Waals surface area contributed by atoms with Crippen molar-refractivity contribution in [2.45, 2.75) is 6.92 Å². The van der Waals surface area contributed by atoms with E-state index in [1.165, 1.54) is 0 Å². The second kappa shape index (κ2) is 7.61. The van der Waals surface area contributed by atoms with Gasteiger partial charge in [-0.3, -0.25) is 0 Å². The van der Waals surface area contributed by atoms with E-state index in [0.717, 1.165) is 33.4 Å². The molecule has 140 valence electrons. The van der Waals surface area contributed by atoms with Gasteiger partial charge in [0.25, 0.3) is 0 Å². The maximum absolute atomic E-state index is 12.6. The first-order chi connectivity index (χ1) is 13.7. The summed E-state index contributed by atoms with van der Waals surface area (Å²) in [6, 6.07) is 21.4. The Morgan fingerprint density at radius 3 is 2.29 bits per heavy atom. The lowest BCUT2D eigenvalue weighted by Gasteiger charge is -2.09. The van der Waals surface area contributed by atoms with Crippen molar-refractivity contribution in [2.75, 3.05) is 13.7 Å². The van der Waals surface area contributed by atoms with Crippen LogP contribution in [0.2, 0.25) is 0 Å². The Labute approximate surface area is 163 Å². The number of hydrogen-bond acceptors (Lipinski definition) is 4. The summed E-state index contributed by atoms with van der Waals surface area (Å²) in [5.74, 6) is 0.412. The maximum atomic E-state index is 12.6. The van der Waals surface area contributed by atoms with Crippen molar-refractivity contribution in [3.8, 4) is 28.0 Å². The quantitative estimate of drug-likeness (QED) is 0.406. The smallest absolute Gasteiger partial charge is 0.338 e. The molecule has 4 rings (SSSR count). The van der Waals surface area contributed by atoms with Crippen LogP contribution in [0.4, 0.5) is 0 Å². The monoisotopic (exact) mass is 372 g/mol. The number of benzene rings is 3. The van der Waals surface area contributed by atoms with Gasteiger partial charge in [-0.1, -0.05) is 42.5 Å². The number of hydrogen-bond donors (Lipinski definition) is 0. The molecule has 28 heavy (non-hydrogen) atoms. The van der Waals surface area contributed by atoms with Gasteiger partial charge in [-0.25, -0.2) is 4.79 Å². The molecule has 4 aromatic rings. The number of ether oxygens (including phenoxy) is 2. The number of carbonyl (C=O) groups excluding carboxylic acids is 1. The molecule has 4 heteroatoms. The first-order valence-electron chi connectivity index (χ1n) is 9.14. The molecule has 0 spiro atoms. The molecular weight excluding hydrogens is 352 g/mol. The first-order valence-corrected chi connectivity index (χ1v) is 9.14. The number of esters is 1. The molecule has 0 fully saturated rings. The largest absolute Gasteiger partial charge is 0.497 e. The van der Waals surface area contributed by atoms with E-state index in [9.17, 15) is 4.79 Å². The second-order valence-electron chi connectivity index (χ2n) is 6.33. The summed E-state index contributed by atoms with van der Waals surface area (Å²) < 4.78 is 16.5. The van der Waals surface area contributed by atoms with Crippen LogP contribution in [0, 0.1) is 0 Å². The van der Waals surface area contributed by atoms with Gasteiger partial charge in [-0.2, -0.15) is 0 Å². The molecule has 1 aromatic heterocycles. The SMILES string of the molecule is CCOC(=O)c1ccc(-c2ccccc2)c2occ(-c3ccc(OC)cc3)c12. The number of furan rings is 1. The van der Waals surface area contributed by atoms with Gasteiger partial charge in [0.1, 0.15) is 11.3 Å². The first kappa shape index (κ1) is 17.9. The fraction of sp³-hybridized carbons (Fsp3) is 0.125. The highest BCUT2D eigenvalue weighted by Crippen LogP contribution is 2.39. The Bertz CT molecular complexity index is 1110. The molecule has 0 bridgehead atoms. The van der Waals surface area contributed by atoms with Gasteiger partial charge >= 0.3 is 5.97 Å². The highest BCUT2D eigenvalue weighted by atomic mass is 16.5. The molecule has 0 aliphatic rings. The Kier molecular flexibility index (Phi) is 4.85. The van der Waals surface area contributed by atoms with Crippen molar-refractivity contribution in [2.24, 2.45) is 0 Å². The highest BCUT2D eigenvalue weighted by molar-refractivity contribution is 6.13. The molecule has 0 unspecified atom stereocenters. The summed E-state index contributed by atoms with van der Waals surface area (Å²) >= 11 is 0. The fourth-order valence-corrected chi connectivity index (χ4v) is 3.36. The lowest BCUT2D eigenvalue weighted by molar-refractivity contribution is 0.0528. The number of rotatable bonds is 5. The Hall–Kier alpha value is -3.53. The molecule has 0 aliphatic heterocycles. The van der Waals surface area contributed by atoms with E-state index in [0.29, 0.717) is 17.8 Å². The summed E-state index contributed by atoms with van der Waals surface area (Å²) in [4.78, 5) is 12.6. The van der Waals surface area contributed by atoms with Gasteiger partial charge in [0.15, 0.2) is 0 Å². The summed E-state index contributed by atoms with van der Waals surface area (Å²) in [6.45, 7) is 2.11. The summed E-state index contributed by atoms with van der Waals surface area (Å²) in [5, 5.41) is 0.755. The van der Waals surface area contributed by atoms with Crippen LogP contribution in [0.1, 0.15) is 17.3 Å². The number of fused-ring (bicyclic) bond motifs is 1. The van der Waals surface area contributed by atoms with E-state index in [1.807, 2.05) is 66.7 Å². The van der Waals surface area contributed by atoms with Gasteiger partial charge in [-0.15, -0.1) is 0 Å². The molecule has 4 nitrogen and oxygen atoms in total. The van der Waals surface area contributed by atoms with Crippen molar-refractivity contribution in [1.29, 1.82) is 0 Å². The van der Waals surface area contributed by atoms with Gasteiger partial charge in [0.2, 0.25) is 0 Å². The minimum absolute atomic E-state index is 0.316. The molecule has 0 atom stereocenters.